The van der Waals surface area contributed by atoms with Gasteiger partial charge in [0.15, 0.2) is 0 Å². The zero-order valence-electron chi connectivity index (χ0n) is 18.2. The van der Waals surface area contributed by atoms with E-state index in [0.29, 0.717) is 42.9 Å². The van der Waals surface area contributed by atoms with Gasteiger partial charge in [-0.1, -0.05) is 0 Å². The van der Waals surface area contributed by atoms with Crippen LogP contribution in [-0.4, -0.2) is 47.6 Å². The van der Waals surface area contributed by atoms with Crippen molar-refractivity contribution in [2.24, 2.45) is 11.3 Å². The third-order valence-electron chi connectivity index (χ3n) is 6.91. The van der Waals surface area contributed by atoms with Crippen molar-refractivity contribution < 1.29 is 23.5 Å². The van der Waals surface area contributed by atoms with Crippen molar-refractivity contribution in [2.75, 3.05) is 20.2 Å². The Labute approximate surface area is 185 Å². The van der Waals surface area contributed by atoms with Gasteiger partial charge in [0.2, 0.25) is 5.91 Å². The van der Waals surface area contributed by atoms with Crippen LogP contribution in [0.15, 0.2) is 30.5 Å². The molecule has 2 heterocycles. The molecule has 0 atom stereocenters. The second kappa shape index (κ2) is 7.50. The first-order chi connectivity index (χ1) is 15.3. The molecule has 1 spiro atoms. The second-order valence-electron chi connectivity index (χ2n) is 9.46. The van der Waals surface area contributed by atoms with Crippen molar-refractivity contribution in [2.45, 2.75) is 38.5 Å². The van der Waals surface area contributed by atoms with Gasteiger partial charge >= 0.3 is 0 Å². The van der Waals surface area contributed by atoms with Gasteiger partial charge in [0.05, 0.1) is 19.0 Å². The van der Waals surface area contributed by atoms with Gasteiger partial charge in [0.1, 0.15) is 29.1 Å². The number of likely N-dealkylation sites (tertiary alicyclic amines) is 1. The van der Waals surface area contributed by atoms with Crippen LogP contribution in [-0.2, 0) is 14.4 Å². The topological polar surface area (TPSA) is 76.6 Å². The molecule has 0 bridgehead atoms. The number of amides is 1. The number of hydrogen-bond acceptors (Lipinski definition) is 5. The zero-order valence-corrected chi connectivity index (χ0v) is 18.2. The smallest absolute Gasteiger partial charge is 0.225 e. The predicted molar refractivity (Wildman–Crippen MR) is 115 cm³/mol. The minimum absolute atomic E-state index is 0.117. The van der Waals surface area contributed by atoms with Crippen LogP contribution in [0.25, 0.3) is 11.3 Å². The summed E-state index contributed by atoms with van der Waals surface area (Å²) in [5.74, 6) is -0.749. The van der Waals surface area contributed by atoms with Gasteiger partial charge < -0.3 is 9.64 Å². The maximum Gasteiger partial charge on any atom is 0.225 e. The lowest BCUT2D eigenvalue weighted by molar-refractivity contribution is -0.155. The minimum Gasteiger partial charge on any atom is -0.496 e. The Morgan fingerprint density at radius 1 is 1.16 bits per heavy atom. The summed E-state index contributed by atoms with van der Waals surface area (Å²) in [6.45, 7) is 2.84. The molecular formula is C25H25FN2O4. The van der Waals surface area contributed by atoms with E-state index < -0.39 is 17.2 Å². The number of carbonyl (C=O) groups excluding carboxylic acids is 3. The normalized spacial score (nSPS) is 20.4. The van der Waals surface area contributed by atoms with Crippen LogP contribution in [0.1, 0.15) is 42.7 Å². The van der Waals surface area contributed by atoms with E-state index in [-0.39, 0.29) is 23.4 Å². The van der Waals surface area contributed by atoms with Crippen LogP contribution in [0.4, 0.5) is 4.39 Å². The molecular weight excluding hydrogens is 411 g/mol. The molecule has 1 amide bonds. The summed E-state index contributed by atoms with van der Waals surface area (Å²) in [4.78, 5) is 44.6. The number of ether oxygens (including phenoxy) is 1. The van der Waals surface area contributed by atoms with Crippen LogP contribution in [0.3, 0.4) is 0 Å². The maximum atomic E-state index is 13.2. The summed E-state index contributed by atoms with van der Waals surface area (Å²) in [7, 11) is 1.51. The molecule has 1 aromatic carbocycles. The van der Waals surface area contributed by atoms with Gasteiger partial charge in [-0.15, -0.1) is 0 Å². The Kier molecular flexibility index (Phi) is 4.87. The van der Waals surface area contributed by atoms with E-state index in [2.05, 4.69) is 4.98 Å². The Hall–Kier alpha value is -3.09. The first kappa shape index (κ1) is 20.8. The number of carbonyl (C=O) groups is 3. The van der Waals surface area contributed by atoms with Gasteiger partial charge in [-0.05, 0) is 49.6 Å². The van der Waals surface area contributed by atoms with Gasteiger partial charge in [0, 0.05) is 48.4 Å². The van der Waals surface area contributed by atoms with Gasteiger partial charge in [-0.25, -0.2) is 4.39 Å². The number of hydrogen-bond donors (Lipinski definition) is 0. The number of ketones is 2. The molecule has 1 saturated heterocycles. The van der Waals surface area contributed by atoms with Gasteiger partial charge in [0.25, 0.3) is 0 Å². The van der Waals surface area contributed by atoms with Crippen molar-refractivity contribution in [3.05, 3.63) is 47.4 Å². The van der Waals surface area contributed by atoms with E-state index in [0.717, 1.165) is 30.2 Å². The molecule has 3 fully saturated rings. The van der Waals surface area contributed by atoms with E-state index in [1.165, 1.54) is 13.2 Å². The van der Waals surface area contributed by atoms with Crippen LogP contribution in [0, 0.1) is 24.1 Å². The van der Waals surface area contributed by atoms with E-state index >= 15 is 0 Å². The average molecular weight is 436 g/mol. The lowest BCUT2D eigenvalue weighted by Crippen LogP contribution is -2.62. The minimum atomic E-state index is -0.862. The summed E-state index contributed by atoms with van der Waals surface area (Å²) in [6.07, 6.45) is 3.63. The third kappa shape index (κ3) is 3.49. The lowest BCUT2D eigenvalue weighted by atomic mass is 9.63. The number of aryl methyl sites for hydroxylation is 1. The lowest BCUT2D eigenvalue weighted by Gasteiger charge is -2.52. The molecule has 32 heavy (non-hydrogen) atoms. The summed E-state index contributed by atoms with van der Waals surface area (Å²) in [6, 6.07) is 6.51. The van der Waals surface area contributed by atoms with Crippen molar-refractivity contribution in [1.82, 2.24) is 9.88 Å². The molecule has 3 aliphatic rings. The molecule has 0 radical (unpaired) electrons. The Morgan fingerprint density at radius 2 is 1.84 bits per heavy atom. The van der Waals surface area contributed by atoms with E-state index in [1.54, 1.807) is 17.0 Å². The molecule has 0 N–H and O–H groups in total. The highest BCUT2D eigenvalue weighted by atomic mass is 19.1. The highest BCUT2D eigenvalue weighted by Crippen LogP contribution is 2.48. The fourth-order valence-electron chi connectivity index (χ4n) is 5.24. The average Bonchev–Trinajstić information content (AvgIpc) is 3.57. The monoisotopic (exact) mass is 436 g/mol. The Morgan fingerprint density at radius 3 is 2.41 bits per heavy atom. The van der Waals surface area contributed by atoms with Crippen molar-refractivity contribution >= 4 is 17.5 Å². The standard InChI is InChI=1S/C25H25FN2O4/c1-14-7-16(18-6-5-17(26)11-27-18)8-21(32-2)22(14)23-19(29)9-25(10-20(23)30)12-28(13-25)24(31)15-3-4-15/h5-8,11,15,23H,3-4,9-10,12-13H2,1-2H3. The molecule has 2 aliphatic carbocycles. The summed E-state index contributed by atoms with van der Waals surface area (Å²) in [5, 5.41) is 0. The summed E-state index contributed by atoms with van der Waals surface area (Å²) in [5.41, 5.74) is 2.24. The highest BCUT2D eigenvalue weighted by Gasteiger charge is 2.54. The number of aromatic nitrogens is 1. The fourth-order valence-corrected chi connectivity index (χ4v) is 5.24. The largest absolute Gasteiger partial charge is 0.496 e. The molecule has 2 aromatic rings. The quantitative estimate of drug-likeness (QED) is 0.686. The number of benzene rings is 1. The number of rotatable bonds is 4. The SMILES string of the molecule is COc1cc(-c2ccc(F)cn2)cc(C)c1C1C(=O)CC2(CC1=O)CN(C(=O)C1CC1)C2. The molecule has 5 rings (SSSR count). The van der Waals surface area contributed by atoms with Crippen LogP contribution < -0.4 is 4.74 Å². The number of pyridine rings is 1. The van der Waals surface area contributed by atoms with Crippen molar-refractivity contribution in [3.8, 4) is 17.0 Å². The summed E-state index contributed by atoms with van der Waals surface area (Å²) >= 11 is 0. The first-order valence-corrected chi connectivity index (χ1v) is 10.9. The van der Waals surface area contributed by atoms with E-state index in [1.807, 2.05) is 13.0 Å². The van der Waals surface area contributed by atoms with Crippen LogP contribution in [0.5, 0.6) is 5.75 Å². The maximum absolute atomic E-state index is 13.2. The van der Waals surface area contributed by atoms with Gasteiger partial charge in [-0.2, -0.15) is 0 Å². The molecule has 7 heteroatoms. The number of methoxy groups -OCH3 is 1. The number of Topliss-reactive ketones (excluding diaryl/α,β-unsaturated/α-hetero) is 2. The van der Waals surface area contributed by atoms with Crippen molar-refractivity contribution in [3.63, 3.8) is 0 Å². The van der Waals surface area contributed by atoms with Crippen LogP contribution >= 0.6 is 0 Å². The zero-order chi connectivity index (χ0) is 22.6. The third-order valence-corrected chi connectivity index (χ3v) is 6.91. The van der Waals surface area contributed by atoms with Crippen molar-refractivity contribution in [1.29, 1.82) is 0 Å². The fraction of sp³-hybridized carbons (Fsp3) is 0.440. The molecule has 166 valence electrons. The molecule has 0 unspecified atom stereocenters. The molecule has 1 aliphatic heterocycles. The second-order valence-corrected chi connectivity index (χ2v) is 9.46. The van der Waals surface area contributed by atoms with Gasteiger partial charge in [-0.3, -0.25) is 19.4 Å². The summed E-state index contributed by atoms with van der Waals surface area (Å²) < 4.78 is 18.8. The Bertz CT molecular complexity index is 1100. The van der Waals surface area contributed by atoms with Crippen LogP contribution in [0.2, 0.25) is 0 Å². The van der Waals surface area contributed by atoms with E-state index in [9.17, 15) is 18.8 Å². The molecule has 6 nitrogen and oxygen atoms in total. The number of halogens is 1. The predicted octanol–water partition coefficient (Wildman–Crippen LogP) is 3.46. The number of nitrogens with zero attached hydrogens (tertiary/aromatic N) is 2. The Balaban J connectivity index is 1.40. The van der Waals surface area contributed by atoms with E-state index in [4.69, 9.17) is 4.74 Å². The molecule has 1 aromatic heterocycles. The highest BCUT2D eigenvalue weighted by molar-refractivity contribution is 6.11. The molecule has 2 saturated carbocycles. The first-order valence-electron chi connectivity index (χ1n) is 10.9.